The lowest BCUT2D eigenvalue weighted by Gasteiger charge is -2.31. The van der Waals surface area contributed by atoms with E-state index in [2.05, 4.69) is 317 Å². The molecule has 16 rings (SSSR count). The summed E-state index contributed by atoms with van der Waals surface area (Å²) in [5.41, 5.74) is 21.1. The number of fused-ring (bicyclic) bond motifs is 6. The highest BCUT2D eigenvalue weighted by molar-refractivity contribution is 6.30. The quantitative estimate of drug-likeness (QED) is 0.114. The molecule has 0 unspecified atom stereocenters. The number of anilines is 6. The fraction of sp³-hybridized carbons (Fsp3) is 0.0732. The van der Waals surface area contributed by atoms with Crippen LogP contribution in [0, 0.1) is 0 Å². The predicted molar refractivity (Wildman–Crippen MR) is 364 cm³/mol. The zero-order valence-corrected chi connectivity index (χ0v) is 48.4. The molecular weight excluding hydrogens is 1040 g/mol. The van der Waals surface area contributed by atoms with Crippen molar-refractivity contribution in [3.63, 3.8) is 0 Å². The van der Waals surface area contributed by atoms with Crippen molar-refractivity contribution in [1.82, 2.24) is 0 Å². The highest BCUT2D eigenvalue weighted by atomic mass is 16.3. The van der Waals surface area contributed by atoms with Gasteiger partial charge in [0.25, 0.3) is 0 Å². The number of hydrogen-bond acceptors (Lipinski definition) is 4. The molecule has 0 atom stereocenters. The standard InChI is InChI=1S/C82H60N2O2/c1-51(2)71-49-75(83(59-33-17-31-57(47-59)53-23-9-5-10-24-53)73-41-21-39-67-65-37-19-35-61(79(65)85-81(67)73)55-27-13-7-14-28-55)69-46-44-64-72(52(3)4)50-76(70-45-43-63(71)77(69)78(64)70)84(60-34-18-32-58(48-60)54-25-11-6-12-26-54)74-42-22-40-68-66-38-20-36-62(80(66)86-82(68)74)56-29-15-8-16-30-56/h5-52H,1-4H3. The van der Waals surface area contributed by atoms with Gasteiger partial charge < -0.3 is 18.6 Å². The van der Waals surface area contributed by atoms with Gasteiger partial charge in [-0.05, 0) is 126 Å². The smallest absolute Gasteiger partial charge is 0.159 e. The number of nitrogens with zero attached hydrogens (tertiary/aromatic N) is 2. The van der Waals surface area contributed by atoms with Crippen LogP contribution in [0.1, 0.15) is 50.7 Å². The minimum Gasteiger partial charge on any atom is -0.453 e. The largest absolute Gasteiger partial charge is 0.453 e. The average molecular weight is 1110 g/mol. The van der Waals surface area contributed by atoms with E-state index < -0.39 is 0 Å². The Labute approximate surface area is 500 Å². The molecule has 0 aliphatic heterocycles. The van der Waals surface area contributed by atoms with E-state index in [4.69, 9.17) is 8.83 Å². The van der Waals surface area contributed by atoms with Crippen LogP contribution in [0.3, 0.4) is 0 Å². The number of benzene rings is 14. The summed E-state index contributed by atoms with van der Waals surface area (Å²) in [7, 11) is 0. The van der Waals surface area contributed by atoms with Gasteiger partial charge in [-0.15, -0.1) is 0 Å². The van der Waals surface area contributed by atoms with E-state index in [1.54, 1.807) is 0 Å². The van der Waals surface area contributed by atoms with Gasteiger partial charge in [-0.2, -0.15) is 0 Å². The van der Waals surface area contributed by atoms with Crippen LogP contribution in [-0.2, 0) is 0 Å². The predicted octanol–water partition coefficient (Wildman–Crippen LogP) is 24.2. The van der Waals surface area contributed by atoms with Gasteiger partial charge in [0.05, 0.1) is 22.7 Å². The molecule has 0 aliphatic rings. The van der Waals surface area contributed by atoms with Crippen molar-refractivity contribution in [2.45, 2.75) is 39.5 Å². The third-order valence-electron chi connectivity index (χ3n) is 17.7. The Hall–Kier alpha value is -10.7. The second-order valence-electron chi connectivity index (χ2n) is 23.5. The van der Waals surface area contributed by atoms with Crippen LogP contribution < -0.4 is 9.80 Å². The van der Waals surface area contributed by atoms with Crippen LogP contribution in [0.5, 0.6) is 0 Å². The molecule has 2 heterocycles. The lowest BCUT2D eigenvalue weighted by molar-refractivity contribution is 0.670. The van der Waals surface area contributed by atoms with Crippen LogP contribution in [0.25, 0.3) is 121 Å². The molecule has 86 heavy (non-hydrogen) atoms. The second kappa shape index (κ2) is 20.6. The Kier molecular flexibility index (Phi) is 12.2. The van der Waals surface area contributed by atoms with E-state index in [0.717, 1.165) is 133 Å². The summed E-state index contributed by atoms with van der Waals surface area (Å²) >= 11 is 0. The zero-order valence-electron chi connectivity index (χ0n) is 48.4. The minimum atomic E-state index is 0.180. The second-order valence-corrected chi connectivity index (χ2v) is 23.5. The molecule has 4 heteroatoms. The van der Waals surface area contributed by atoms with Crippen LogP contribution in [-0.4, -0.2) is 0 Å². The van der Waals surface area contributed by atoms with Crippen molar-refractivity contribution in [2.75, 3.05) is 9.80 Å². The van der Waals surface area contributed by atoms with E-state index in [0.29, 0.717) is 0 Å². The average Bonchev–Trinajstić information content (AvgIpc) is 0.860. The first-order valence-electron chi connectivity index (χ1n) is 30.0. The Morgan fingerprint density at radius 2 is 0.570 bits per heavy atom. The first-order valence-corrected chi connectivity index (χ1v) is 30.0. The molecule has 0 spiro atoms. The normalized spacial score (nSPS) is 11.9. The monoisotopic (exact) mass is 1100 g/mol. The Morgan fingerprint density at radius 1 is 0.244 bits per heavy atom. The molecule has 0 amide bonds. The number of furan rings is 2. The lowest BCUT2D eigenvalue weighted by Crippen LogP contribution is -2.13. The lowest BCUT2D eigenvalue weighted by atomic mass is 9.84. The van der Waals surface area contributed by atoms with E-state index in [1.807, 2.05) is 0 Å². The highest BCUT2D eigenvalue weighted by Crippen LogP contribution is 2.54. The molecule has 0 saturated heterocycles. The molecule has 14 aromatic carbocycles. The molecule has 0 fully saturated rings. The first kappa shape index (κ1) is 51.0. The number of rotatable bonds is 12. The highest BCUT2D eigenvalue weighted by Gasteiger charge is 2.30. The van der Waals surface area contributed by atoms with E-state index in [1.165, 1.54) is 32.7 Å². The van der Waals surface area contributed by atoms with Crippen LogP contribution in [0.2, 0.25) is 0 Å². The van der Waals surface area contributed by atoms with Crippen molar-refractivity contribution < 1.29 is 8.83 Å². The molecule has 0 bridgehead atoms. The van der Waals surface area contributed by atoms with E-state index >= 15 is 0 Å². The zero-order chi connectivity index (χ0) is 57.6. The van der Waals surface area contributed by atoms with Crippen LogP contribution in [0.4, 0.5) is 34.1 Å². The molecule has 0 N–H and O–H groups in total. The third-order valence-corrected chi connectivity index (χ3v) is 17.7. The van der Waals surface area contributed by atoms with Gasteiger partial charge in [0, 0.05) is 54.8 Å². The third kappa shape index (κ3) is 8.27. The maximum Gasteiger partial charge on any atom is 0.159 e. The molecule has 2 aromatic heterocycles. The van der Waals surface area contributed by atoms with Crippen molar-refractivity contribution in [1.29, 1.82) is 0 Å². The van der Waals surface area contributed by atoms with Gasteiger partial charge in [0.15, 0.2) is 11.2 Å². The van der Waals surface area contributed by atoms with E-state index in [-0.39, 0.29) is 11.8 Å². The van der Waals surface area contributed by atoms with Crippen LogP contribution in [0.15, 0.2) is 288 Å². The van der Waals surface area contributed by atoms with E-state index in [9.17, 15) is 0 Å². The first-order chi connectivity index (χ1) is 42.3. The summed E-state index contributed by atoms with van der Waals surface area (Å²) in [6, 6.07) is 102. The summed E-state index contributed by atoms with van der Waals surface area (Å²) in [4.78, 5) is 4.96. The summed E-state index contributed by atoms with van der Waals surface area (Å²) in [5.74, 6) is 0.359. The van der Waals surface area contributed by atoms with Gasteiger partial charge in [-0.25, -0.2) is 0 Å². The van der Waals surface area contributed by atoms with Crippen molar-refractivity contribution in [3.8, 4) is 44.5 Å². The Balaban J connectivity index is 1.00. The minimum absolute atomic E-state index is 0.180. The topological polar surface area (TPSA) is 32.8 Å². The molecule has 0 saturated carbocycles. The van der Waals surface area contributed by atoms with Gasteiger partial charge in [0.1, 0.15) is 11.2 Å². The van der Waals surface area contributed by atoms with Crippen molar-refractivity contribution in [3.05, 3.63) is 290 Å². The Morgan fingerprint density at radius 3 is 0.953 bits per heavy atom. The molecule has 16 aromatic rings. The summed E-state index contributed by atoms with van der Waals surface area (Å²) in [6.45, 7) is 9.35. The van der Waals surface area contributed by atoms with Gasteiger partial charge in [0.2, 0.25) is 0 Å². The fourth-order valence-corrected chi connectivity index (χ4v) is 13.7. The van der Waals surface area contributed by atoms with Crippen LogP contribution >= 0.6 is 0 Å². The molecule has 0 radical (unpaired) electrons. The van der Waals surface area contributed by atoms with Gasteiger partial charge >= 0.3 is 0 Å². The summed E-state index contributed by atoms with van der Waals surface area (Å²) in [6.07, 6.45) is 0. The van der Waals surface area contributed by atoms with Crippen molar-refractivity contribution >= 4 is 110 Å². The number of hydrogen-bond donors (Lipinski definition) is 0. The van der Waals surface area contributed by atoms with Gasteiger partial charge in [-0.3, -0.25) is 0 Å². The SMILES string of the molecule is CC(C)c1cc(N(c2cccc(-c3ccccc3)c2)c2cccc3c2oc2c(-c4ccccc4)cccc23)c2ccc3c(C(C)C)cc(N(c4cccc(-c5ccccc5)c4)c4cccc5c4oc4c(-c6ccccc6)cccc45)c4ccc1c2c34. The maximum atomic E-state index is 7.34. The molecule has 4 nitrogen and oxygen atoms in total. The maximum absolute atomic E-state index is 7.34. The van der Waals surface area contributed by atoms with Gasteiger partial charge in [-0.1, -0.05) is 258 Å². The summed E-state index contributed by atoms with van der Waals surface area (Å²) in [5, 5.41) is 11.6. The molecule has 410 valence electrons. The number of para-hydroxylation sites is 4. The fourth-order valence-electron chi connectivity index (χ4n) is 13.7. The Bertz CT molecular complexity index is 4900. The molecule has 0 aliphatic carbocycles. The summed E-state index contributed by atoms with van der Waals surface area (Å²) < 4.78 is 14.7. The van der Waals surface area contributed by atoms with Crippen molar-refractivity contribution in [2.24, 2.45) is 0 Å². The molecular formula is C82H60N2O2.